The van der Waals surface area contributed by atoms with Crippen molar-refractivity contribution in [3.63, 3.8) is 0 Å². The second kappa shape index (κ2) is 5.92. The van der Waals surface area contributed by atoms with Crippen LogP contribution < -0.4 is 10.0 Å². The molecular weight excluding hydrogens is 260 g/mol. The molecule has 1 fully saturated rings. The molecule has 0 bridgehead atoms. The molecule has 0 saturated heterocycles. The maximum absolute atomic E-state index is 12.3. The van der Waals surface area contributed by atoms with Crippen molar-refractivity contribution >= 4 is 15.7 Å². The van der Waals surface area contributed by atoms with Crippen LogP contribution in [0.3, 0.4) is 0 Å². The number of sulfonamides is 1. The Morgan fingerprint density at radius 1 is 1.16 bits per heavy atom. The van der Waals surface area contributed by atoms with Crippen molar-refractivity contribution in [1.82, 2.24) is 4.72 Å². The summed E-state index contributed by atoms with van der Waals surface area (Å²) in [7, 11) is -1.59. The average Bonchev–Trinajstić information content (AvgIpc) is 2.92. The van der Waals surface area contributed by atoms with Gasteiger partial charge in [-0.3, -0.25) is 0 Å². The fourth-order valence-electron chi connectivity index (χ4n) is 2.67. The first-order valence-corrected chi connectivity index (χ1v) is 8.31. The van der Waals surface area contributed by atoms with Gasteiger partial charge in [-0.15, -0.1) is 0 Å². The lowest BCUT2D eigenvalue weighted by Gasteiger charge is -2.20. The van der Waals surface area contributed by atoms with Crippen molar-refractivity contribution in [2.75, 3.05) is 12.4 Å². The fraction of sp³-hybridized carbons (Fsp3) is 0.571. The Bertz CT molecular complexity index is 505. The Balaban J connectivity index is 2.08. The second-order valence-corrected chi connectivity index (χ2v) is 6.94. The van der Waals surface area contributed by atoms with Gasteiger partial charge in [0.1, 0.15) is 0 Å². The van der Waals surface area contributed by atoms with E-state index in [4.69, 9.17) is 0 Å². The van der Waals surface area contributed by atoms with E-state index in [1.807, 2.05) is 14.0 Å². The van der Waals surface area contributed by atoms with E-state index >= 15 is 0 Å². The summed E-state index contributed by atoms with van der Waals surface area (Å²) in [4.78, 5) is 0.330. The summed E-state index contributed by atoms with van der Waals surface area (Å²) in [6.45, 7) is 1.97. The lowest BCUT2D eigenvalue weighted by atomic mass is 10.0. The van der Waals surface area contributed by atoms with Crippen molar-refractivity contribution in [3.05, 3.63) is 24.3 Å². The molecule has 1 aromatic carbocycles. The minimum atomic E-state index is -3.40. The summed E-state index contributed by atoms with van der Waals surface area (Å²) in [6, 6.07) is 6.82. The summed E-state index contributed by atoms with van der Waals surface area (Å²) in [5.41, 5.74) is 0.905. The predicted molar refractivity (Wildman–Crippen MR) is 77.7 cm³/mol. The van der Waals surface area contributed by atoms with Gasteiger partial charge in [-0.25, -0.2) is 13.1 Å². The zero-order chi connectivity index (χ0) is 13.9. The van der Waals surface area contributed by atoms with Crippen LogP contribution in [0.15, 0.2) is 29.2 Å². The van der Waals surface area contributed by atoms with Gasteiger partial charge < -0.3 is 5.32 Å². The van der Waals surface area contributed by atoms with E-state index in [0.717, 1.165) is 18.5 Å². The highest BCUT2D eigenvalue weighted by molar-refractivity contribution is 7.89. The van der Waals surface area contributed by atoms with Crippen LogP contribution in [-0.2, 0) is 10.0 Å². The number of nitrogens with one attached hydrogen (secondary N) is 2. The Morgan fingerprint density at radius 2 is 1.74 bits per heavy atom. The van der Waals surface area contributed by atoms with Crippen LogP contribution in [0.4, 0.5) is 5.69 Å². The van der Waals surface area contributed by atoms with Crippen LogP contribution in [0, 0.1) is 5.92 Å². The minimum Gasteiger partial charge on any atom is -0.388 e. The number of anilines is 1. The van der Waals surface area contributed by atoms with Gasteiger partial charge in [0, 0.05) is 18.8 Å². The van der Waals surface area contributed by atoms with Crippen molar-refractivity contribution < 1.29 is 8.42 Å². The molecule has 1 aromatic rings. The quantitative estimate of drug-likeness (QED) is 0.872. The second-order valence-electron chi connectivity index (χ2n) is 5.23. The summed E-state index contributed by atoms with van der Waals surface area (Å²) < 4.78 is 27.3. The molecule has 0 heterocycles. The number of hydrogen-bond acceptors (Lipinski definition) is 3. The molecule has 0 aromatic heterocycles. The number of rotatable bonds is 5. The van der Waals surface area contributed by atoms with Crippen molar-refractivity contribution in [1.29, 1.82) is 0 Å². The number of hydrogen-bond donors (Lipinski definition) is 2. The third-order valence-corrected chi connectivity index (χ3v) is 5.48. The Morgan fingerprint density at radius 3 is 2.26 bits per heavy atom. The van der Waals surface area contributed by atoms with Crippen LogP contribution in [-0.4, -0.2) is 21.5 Å². The third-order valence-electron chi connectivity index (χ3n) is 3.90. The molecule has 0 aliphatic heterocycles. The maximum Gasteiger partial charge on any atom is 0.240 e. The molecular formula is C14H22N2O2S. The topological polar surface area (TPSA) is 58.2 Å². The predicted octanol–water partition coefficient (Wildman–Crippen LogP) is 2.59. The van der Waals surface area contributed by atoms with E-state index in [1.165, 1.54) is 12.8 Å². The maximum atomic E-state index is 12.3. The largest absolute Gasteiger partial charge is 0.388 e. The van der Waals surface area contributed by atoms with Gasteiger partial charge in [0.05, 0.1) is 4.90 Å². The first-order valence-electron chi connectivity index (χ1n) is 6.83. The fourth-order valence-corrected chi connectivity index (χ4v) is 3.98. The van der Waals surface area contributed by atoms with E-state index in [1.54, 1.807) is 24.3 Å². The molecule has 4 nitrogen and oxygen atoms in total. The van der Waals surface area contributed by atoms with Crippen LogP contribution in [0.5, 0.6) is 0 Å². The van der Waals surface area contributed by atoms with Crippen molar-refractivity contribution in [3.8, 4) is 0 Å². The zero-order valence-corrected chi connectivity index (χ0v) is 12.3. The molecule has 2 rings (SSSR count). The molecule has 5 heteroatoms. The average molecular weight is 282 g/mol. The van der Waals surface area contributed by atoms with Gasteiger partial charge in [0.15, 0.2) is 0 Å². The molecule has 1 unspecified atom stereocenters. The summed E-state index contributed by atoms with van der Waals surface area (Å²) >= 11 is 0. The van der Waals surface area contributed by atoms with E-state index in [9.17, 15) is 8.42 Å². The normalized spacial score (nSPS) is 18.4. The minimum absolute atomic E-state index is 0.0106. The van der Waals surface area contributed by atoms with E-state index in [0.29, 0.717) is 10.8 Å². The van der Waals surface area contributed by atoms with Crippen molar-refractivity contribution in [2.45, 2.75) is 43.5 Å². The van der Waals surface area contributed by atoms with E-state index < -0.39 is 10.0 Å². The van der Waals surface area contributed by atoms with Crippen LogP contribution in [0.25, 0.3) is 0 Å². The molecule has 106 valence electrons. The lowest BCUT2D eigenvalue weighted by Crippen LogP contribution is -2.37. The van der Waals surface area contributed by atoms with Gasteiger partial charge in [-0.1, -0.05) is 12.8 Å². The summed E-state index contributed by atoms with van der Waals surface area (Å²) in [5.74, 6) is 0.478. The van der Waals surface area contributed by atoms with Crippen molar-refractivity contribution in [2.24, 2.45) is 5.92 Å². The molecule has 0 radical (unpaired) electrons. The molecule has 1 aliphatic rings. The molecule has 1 atom stereocenters. The lowest BCUT2D eigenvalue weighted by molar-refractivity contribution is 0.424. The highest BCUT2D eigenvalue weighted by Crippen LogP contribution is 2.28. The first-order chi connectivity index (χ1) is 9.03. The van der Waals surface area contributed by atoms with Gasteiger partial charge >= 0.3 is 0 Å². The molecule has 2 N–H and O–H groups in total. The van der Waals surface area contributed by atoms with Crippen LogP contribution in [0.2, 0.25) is 0 Å². The van der Waals surface area contributed by atoms with Gasteiger partial charge in [0.2, 0.25) is 10.0 Å². The summed E-state index contributed by atoms with van der Waals surface area (Å²) in [6.07, 6.45) is 4.69. The van der Waals surface area contributed by atoms with Gasteiger partial charge in [-0.05, 0) is 49.9 Å². The molecule has 1 saturated carbocycles. The van der Waals surface area contributed by atoms with E-state index in [2.05, 4.69) is 10.0 Å². The summed E-state index contributed by atoms with van der Waals surface area (Å²) in [5, 5.41) is 2.98. The van der Waals surface area contributed by atoms with E-state index in [-0.39, 0.29) is 6.04 Å². The standard InChI is InChI=1S/C14H22N2O2S/c1-11(12-5-3-4-6-12)16-19(17,18)14-9-7-13(15-2)8-10-14/h7-12,15-16H,3-6H2,1-2H3. The Labute approximate surface area is 115 Å². The molecule has 1 aliphatic carbocycles. The smallest absolute Gasteiger partial charge is 0.240 e. The third kappa shape index (κ3) is 3.48. The highest BCUT2D eigenvalue weighted by Gasteiger charge is 2.25. The van der Waals surface area contributed by atoms with Crippen LogP contribution >= 0.6 is 0 Å². The molecule has 0 amide bonds. The molecule has 19 heavy (non-hydrogen) atoms. The van der Waals surface area contributed by atoms with Crippen LogP contribution in [0.1, 0.15) is 32.6 Å². The monoisotopic (exact) mass is 282 g/mol. The van der Waals surface area contributed by atoms with Gasteiger partial charge in [-0.2, -0.15) is 0 Å². The van der Waals surface area contributed by atoms with Gasteiger partial charge in [0.25, 0.3) is 0 Å². The number of benzene rings is 1. The Kier molecular flexibility index (Phi) is 4.47. The highest BCUT2D eigenvalue weighted by atomic mass is 32.2. The zero-order valence-electron chi connectivity index (χ0n) is 11.5. The first kappa shape index (κ1) is 14.3. The molecule has 0 spiro atoms. The SMILES string of the molecule is CNc1ccc(S(=O)(=O)NC(C)C2CCCC2)cc1. The Hall–Kier alpha value is -1.07.